The van der Waals surface area contributed by atoms with Crippen LogP contribution in [-0.4, -0.2) is 23.5 Å². The van der Waals surface area contributed by atoms with Gasteiger partial charge in [0.25, 0.3) is 0 Å². The second-order valence-electron chi connectivity index (χ2n) is 5.78. The van der Waals surface area contributed by atoms with Crippen LogP contribution in [0.2, 0.25) is 0 Å². The van der Waals surface area contributed by atoms with Crippen molar-refractivity contribution in [3.63, 3.8) is 0 Å². The van der Waals surface area contributed by atoms with Gasteiger partial charge < -0.3 is 10.4 Å². The molecule has 0 radical (unpaired) electrons. The van der Waals surface area contributed by atoms with E-state index in [1.165, 1.54) is 5.56 Å². The van der Waals surface area contributed by atoms with Gasteiger partial charge in [-0.25, -0.2) is 0 Å². The van der Waals surface area contributed by atoms with Crippen LogP contribution >= 0.6 is 0 Å². The van der Waals surface area contributed by atoms with Crippen molar-refractivity contribution in [2.45, 2.75) is 32.1 Å². The number of carbonyl (C=O) groups excluding carboxylic acids is 1. The molecule has 0 heterocycles. The predicted molar refractivity (Wildman–Crippen MR) is 94.0 cm³/mol. The largest absolute Gasteiger partial charge is 0.481 e. The monoisotopic (exact) mass is 325 g/mol. The zero-order chi connectivity index (χ0) is 17.4. The van der Waals surface area contributed by atoms with Crippen LogP contribution < -0.4 is 5.32 Å². The standard InChI is InChI=1S/C20H23NO3/c1-2-15-8-10-16(11-9-15)12-13-19(22)21-14-18(20(23)24)17-6-4-3-5-7-17/h3-11,18H,2,12-14H2,1H3,(H,21,22)(H,23,24). The number of carboxylic acid groups (broad SMARTS) is 1. The van der Waals surface area contributed by atoms with E-state index in [-0.39, 0.29) is 12.5 Å². The summed E-state index contributed by atoms with van der Waals surface area (Å²) in [5.74, 6) is -1.78. The highest BCUT2D eigenvalue weighted by Gasteiger charge is 2.20. The maximum atomic E-state index is 12.0. The molecule has 0 saturated heterocycles. The van der Waals surface area contributed by atoms with Gasteiger partial charge >= 0.3 is 5.97 Å². The first-order valence-corrected chi connectivity index (χ1v) is 8.22. The topological polar surface area (TPSA) is 66.4 Å². The van der Waals surface area contributed by atoms with Crippen LogP contribution in [0.25, 0.3) is 0 Å². The number of amides is 1. The van der Waals surface area contributed by atoms with Gasteiger partial charge in [-0.1, -0.05) is 61.5 Å². The number of benzene rings is 2. The number of aliphatic carboxylic acids is 1. The van der Waals surface area contributed by atoms with Crippen molar-refractivity contribution >= 4 is 11.9 Å². The Morgan fingerprint density at radius 3 is 2.21 bits per heavy atom. The Morgan fingerprint density at radius 2 is 1.62 bits per heavy atom. The molecule has 0 bridgehead atoms. The third kappa shape index (κ3) is 5.23. The summed E-state index contributed by atoms with van der Waals surface area (Å²) in [4.78, 5) is 23.4. The van der Waals surface area contributed by atoms with Gasteiger partial charge in [0.15, 0.2) is 0 Å². The lowest BCUT2D eigenvalue weighted by molar-refractivity contribution is -0.138. The fraction of sp³-hybridized carbons (Fsp3) is 0.300. The van der Waals surface area contributed by atoms with Crippen LogP contribution in [0.5, 0.6) is 0 Å². The zero-order valence-corrected chi connectivity index (χ0v) is 13.9. The van der Waals surface area contributed by atoms with E-state index in [0.29, 0.717) is 18.4 Å². The van der Waals surface area contributed by atoms with Crippen LogP contribution in [0.1, 0.15) is 36.0 Å². The van der Waals surface area contributed by atoms with Crippen molar-refractivity contribution in [1.82, 2.24) is 5.32 Å². The smallest absolute Gasteiger partial charge is 0.312 e. The van der Waals surface area contributed by atoms with Gasteiger partial charge in [0, 0.05) is 13.0 Å². The molecule has 2 rings (SSSR count). The quantitative estimate of drug-likeness (QED) is 0.783. The van der Waals surface area contributed by atoms with E-state index in [1.807, 2.05) is 18.2 Å². The first-order chi connectivity index (χ1) is 11.6. The van der Waals surface area contributed by atoms with Crippen LogP contribution in [0.3, 0.4) is 0 Å². The molecular weight excluding hydrogens is 302 g/mol. The van der Waals surface area contributed by atoms with Gasteiger partial charge in [0.1, 0.15) is 0 Å². The van der Waals surface area contributed by atoms with Crippen molar-refractivity contribution in [2.75, 3.05) is 6.54 Å². The highest BCUT2D eigenvalue weighted by Crippen LogP contribution is 2.15. The van der Waals surface area contributed by atoms with Crippen molar-refractivity contribution in [1.29, 1.82) is 0 Å². The molecule has 2 aromatic carbocycles. The molecular formula is C20H23NO3. The van der Waals surface area contributed by atoms with E-state index in [9.17, 15) is 14.7 Å². The minimum Gasteiger partial charge on any atom is -0.481 e. The lowest BCUT2D eigenvalue weighted by Gasteiger charge is -2.14. The Kier molecular flexibility index (Phi) is 6.55. The van der Waals surface area contributed by atoms with E-state index in [0.717, 1.165) is 12.0 Å². The molecule has 1 amide bonds. The Bertz CT molecular complexity index is 665. The van der Waals surface area contributed by atoms with Gasteiger partial charge in [0.05, 0.1) is 5.92 Å². The summed E-state index contributed by atoms with van der Waals surface area (Å²) in [7, 11) is 0. The van der Waals surface area contributed by atoms with E-state index in [4.69, 9.17) is 0 Å². The third-order valence-electron chi connectivity index (χ3n) is 4.08. The molecule has 1 atom stereocenters. The third-order valence-corrected chi connectivity index (χ3v) is 4.08. The van der Waals surface area contributed by atoms with Gasteiger partial charge in [-0.3, -0.25) is 9.59 Å². The first kappa shape index (κ1) is 17.7. The molecule has 0 aliphatic heterocycles. The molecule has 126 valence electrons. The fourth-order valence-corrected chi connectivity index (χ4v) is 2.54. The van der Waals surface area contributed by atoms with E-state index < -0.39 is 11.9 Å². The maximum Gasteiger partial charge on any atom is 0.312 e. The Morgan fingerprint density at radius 1 is 1.00 bits per heavy atom. The van der Waals surface area contributed by atoms with Crippen LogP contribution in [0.4, 0.5) is 0 Å². The lowest BCUT2D eigenvalue weighted by Crippen LogP contribution is -2.31. The zero-order valence-electron chi connectivity index (χ0n) is 13.9. The molecule has 4 nitrogen and oxygen atoms in total. The molecule has 2 aromatic rings. The minimum absolute atomic E-state index is 0.104. The highest BCUT2D eigenvalue weighted by molar-refractivity contribution is 5.79. The minimum atomic E-state index is -0.934. The number of rotatable bonds is 8. The van der Waals surface area contributed by atoms with Crippen molar-refractivity contribution < 1.29 is 14.7 Å². The predicted octanol–water partition coefficient (Wildman–Crippen LogP) is 3.17. The molecule has 0 aliphatic carbocycles. The molecule has 2 N–H and O–H groups in total. The average Bonchev–Trinajstić information content (AvgIpc) is 2.61. The number of hydrogen-bond acceptors (Lipinski definition) is 2. The molecule has 1 unspecified atom stereocenters. The van der Waals surface area contributed by atoms with E-state index in [1.54, 1.807) is 24.3 Å². The Hall–Kier alpha value is -2.62. The normalized spacial score (nSPS) is 11.7. The second kappa shape index (κ2) is 8.87. The lowest BCUT2D eigenvalue weighted by atomic mass is 9.99. The molecule has 0 aromatic heterocycles. The summed E-state index contributed by atoms with van der Waals surface area (Å²) in [5.41, 5.74) is 3.08. The summed E-state index contributed by atoms with van der Waals surface area (Å²) in [6.07, 6.45) is 2.00. The van der Waals surface area contributed by atoms with Crippen LogP contribution in [-0.2, 0) is 22.4 Å². The van der Waals surface area contributed by atoms with Crippen LogP contribution in [0.15, 0.2) is 54.6 Å². The SMILES string of the molecule is CCc1ccc(CCC(=O)NCC(C(=O)O)c2ccccc2)cc1. The molecule has 0 saturated carbocycles. The molecule has 0 spiro atoms. The first-order valence-electron chi connectivity index (χ1n) is 8.22. The van der Waals surface area contributed by atoms with Crippen LogP contribution in [0, 0.1) is 0 Å². The summed E-state index contributed by atoms with van der Waals surface area (Å²) >= 11 is 0. The number of nitrogens with one attached hydrogen (secondary N) is 1. The highest BCUT2D eigenvalue weighted by atomic mass is 16.4. The number of carbonyl (C=O) groups is 2. The van der Waals surface area contributed by atoms with Gasteiger partial charge in [-0.2, -0.15) is 0 Å². The molecule has 24 heavy (non-hydrogen) atoms. The summed E-state index contributed by atoms with van der Waals surface area (Å²) in [5, 5.41) is 12.1. The van der Waals surface area contributed by atoms with Crippen molar-refractivity contribution in [3.8, 4) is 0 Å². The second-order valence-corrected chi connectivity index (χ2v) is 5.78. The fourth-order valence-electron chi connectivity index (χ4n) is 2.54. The summed E-state index contributed by atoms with van der Waals surface area (Å²) in [6, 6.07) is 17.2. The maximum absolute atomic E-state index is 12.0. The van der Waals surface area contributed by atoms with E-state index in [2.05, 4.69) is 24.4 Å². The van der Waals surface area contributed by atoms with Gasteiger partial charge in [0.2, 0.25) is 5.91 Å². The molecule has 0 aliphatic rings. The van der Waals surface area contributed by atoms with Gasteiger partial charge in [-0.05, 0) is 29.5 Å². The van der Waals surface area contributed by atoms with Crippen molar-refractivity contribution in [3.05, 3.63) is 71.3 Å². The number of hydrogen-bond donors (Lipinski definition) is 2. The summed E-state index contributed by atoms with van der Waals surface area (Å²) < 4.78 is 0. The molecule has 0 fully saturated rings. The molecule has 4 heteroatoms. The van der Waals surface area contributed by atoms with Gasteiger partial charge in [-0.15, -0.1) is 0 Å². The Labute approximate surface area is 142 Å². The van der Waals surface area contributed by atoms with E-state index >= 15 is 0 Å². The number of aryl methyl sites for hydroxylation is 2. The average molecular weight is 325 g/mol. The Balaban J connectivity index is 1.83. The summed E-state index contributed by atoms with van der Waals surface area (Å²) in [6.45, 7) is 2.21. The number of carboxylic acids is 1. The van der Waals surface area contributed by atoms with Crippen molar-refractivity contribution in [2.24, 2.45) is 0 Å².